The Labute approximate surface area is 198 Å². The molecule has 34 heavy (non-hydrogen) atoms. The molecule has 2 N–H and O–H groups in total. The second kappa shape index (κ2) is 8.36. The van der Waals surface area contributed by atoms with E-state index in [9.17, 15) is 4.79 Å². The summed E-state index contributed by atoms with van der Waals surface area (Å²) in [6, 6.07) is 9.29. The normalized spacial score (nSPS) is 20.4. The first-order valence-electron chi connectivity index (χ1n) is 12.1. The highest BCUT2D eigenvalue weighted by molar-refractivity contribution is 5.74. The number of piperazine rings is 1. The summed E-state index contributed by atoms with van der Waals surface area (Å²) >= 11 is 0. The van der Waals surface area contributed by atoms with Crippen LogP contribution in [-0.4, -0.2) is 55.0 Å². The number of nitrogens with zero attached hydrogens (tertiary/aromatic N) is 5. The molecule has 8 nitrogen and oxygen atoms in total. The van der Waals surface area contributed by atoms with E-state index in [2.05, 4.69) is 47.9 Å². The average Bonchev–Trinajstić information content (AvgIpc) is 3.26. The Balaban J connectivity index is 1.17. The van der Waals surface area contributed by atoms with Crippen LogP contribution < -0.4 is 10.5 Å². The van der Waals surface area contributed by atoms with E-state index in [1.165, 1.54) is 18.5 Å². The van der Waals surface area contributed by atoms with Crippen LogP contribution in [0.2, 0.25) is 0 Å². The first-order chi connectivity index (χ1) is 16.6. The number of aromatic nitrogens is 5. The number of anilines is 1. The zero-order valence-electron chi connectivity index (χ0n) is 19.6. The van der Waals surface area contributed by atoms with E-state index >= 15 is 0 Å². The molecule has 5 heterocycles. The summed E-state index contributed by atoms with van der Waals surface area (Å²) in [4.78, 5) is 37.2. The van der Waals surface area contributed by atoms with Crippen LogP contribution in [0.15, 0.2) is 47.7 Å². The van der Waals surface area contributed by atoms with E-state index in [4.69, 9.17) is 4.98 Å². The Bertz CT molecular complexity index is 1390. The van der Waals surface area contributed by atoms with Gasteiger partial charge in [-0.05, 0) is 56.0 Å². The lowest BCUT2D eigenvalue weighted by Crippen LogP contribution is -2.64. The lowest BCUT2D eigenvalue weighted by molar-refractivity contribution is 0.0659. The molecule has 1 unspecified atom stereocenters. The first-order valence-corrected chi connectivity index (χ1v) is 12.1. The van der Waals surface area contributed by atoms with Gasteiger partial charge in [-0.25, -0.2) is 4.98 Å². The van der Waals surface area contributed by atoms with Crippen molar-refractivity contribution >= 4 is 16.7 Å². The highest BCUT2D eigenvalue weighted by atomic mass is 16.1. The molecule has 1 aliphatic heterocycles. The van der Waals surface area contributed by atoms with Gasteiger partial charge in [0.15, 0.2) is 0 Å². The summed E-state index contributed by atoms with van der Waals surface area (Å²) in [6.45, 7) is 6.76. The number of hydrogen-bond acceptors (Lipinski definition) is 6. The predicted molar refractivity (Wildman–Crippen MR) is 133 cm³/mol. The van der Waals surface area contributed by atoms with Crippen LogP contribution in [0.5, 0.6) is 0 Å². The van der Waals surface area contributed by atoms with Crippen molar-refractivity contribution in [3.8, 4) is 11.4 Å². The van der Waals surface area contributed by atoms with Gasteiger partial charge < -0.3 is 14.9 Å². The van der Waals surface area contributed by atoms with Crippen molar-refractivity contribution in [2.24, 2.45) is 0 Å². The van der Waals surface area contributed by atoms with Gasteiger partial charge in [-0.1, -0.05) is 6.92 Å². The maximum atomic E-state index is 12.2. The van der Waals surface area contributed by atoms with Crippen molar-refractivity contribution in [2.45, 2.75) is 51.7 Å². The summed E-state index contributed by atoms with van der Waals surface area (Å²) in [6.07, 6.45) is 8.90. The fourth-order valence-electron chi connectivity index (χ4n) is 5.36. The van der Waals surface area contributed by atoms with Crippen LogP contribution in [0.3, 0.4) is 0 Å². The number of aryl methyl sites for hydroxylation is 2. The highest BCUT2D eigenvalue weighted by Gasteiger charge is 2.42. The summed E-state index contributed by atoms with van der Waals surface area (Å²) in [5.74, 6) is 0.896. The van der Waals surface area contributed by atoms with Gasteiger partial charge in [0.05, 0.1) is 40.5 Å². The van der Waals surface area contributed by atoms with Crippen LogP contribution >= 0.6 is 0 Å². The molecule has 0 spiro atoms. The van der Waals surface area contributed by atoms with Gasteiger partial charge in [-0.2, -0.15) is 0 Å². The fraction of sp³-hybridized carbons (Fsp3) is 0.385. The molecule has 2 atom stereocenters. The van der Waals surface area contributed by atoms with E-state index in [1.54, 1.807) is 0 Å². The van der Waals surface area contributed by atoms with Gasteiger partial charge in [0.25, 0.3) is 5.56 Å². The smallest absolute Gasteiger partial charge is 0.251 e. The minimum Gasteiger partial charge on any atom is -0.364 e. The number of rotatable bonds is 5. The molecule has 0 bridgehead atoms. The predicted octanol–water partition coefficient (Wildman–Crippen LogP) is 3.43. The second-order valence-electron chi connectivity index (χ2n) is 9.41. The standard InChI is InChI=1S/C26H29N7O/c1-3-18-11-21-22(31-26(18)34)10-17(12-28-21)15-32-8-9-33(25-7-6-24(25)32)19-4-5-20(29-13-19)23-14-27-16(2)30-23/h4-5,10-14,24-25H,3,6-9,15H2,1-2H3,(H,27,30)(H,31,34)/t24?,25-/m1/s1. The van der Waals surface area contributed by atoms with E-state index in [0.29, 0.717) is 18.5 Å². The Morgan fingerprint density at radius 3 is 2.59 bits per heavy atom. The number of fused-ring (bicyclic) bond motifs is 2. The molecule has 4 aromatic heterocycles. The second-order valence-corrected chi connectivity index (χ2v) is 9.41. The van der Waals surface area contributed by atoms with Gasteiger partial charge in [0.1, 0.15) is 5.82 Å². The lowest BCUT2D eigenvalue weighted by Gasteiger charge is -2.54. The van der Waals surface area contributed by atoms with Crippen molar-refractivity contribution in [3.63, 3.8) is 0 Å². The van der Waals surface area contributed by atoms with Crippen molar-refractivity contribution in [3.05, 3.63) is 70.2 Å². The van der Waals surface area contributed by atoms with Gasteiger partial charge in [0.2, 0.25) is 0 Å². The quantitative estimate of drug-likeness (QED) is 0.479. The number of H-pyrrole nitrogens is 2. The Hall–Kier alpha value is -3.52. The van der Waals surface area contributed by atoms with E-state index < -0.39 is 0 Å². The summed E-state index contributed by atoms with van der Waals surface area (Å²) in [7, 11) is 0. The molecule has 1 aliphatic carbocycles. The largest absolute Gasteiger partial charge is 0.364 e. The molecule has 0 amide bonds. The van der Waals surface area contributed by atoms with Gasteiger partial charge in [-0.15, -0.1) is 0 Å². The lowest BCUT2D eigenvalue weighted by atomic mass is 9.81. The fourth-order valence-corrected chi connectivity index (χ4v) is 5.36. The van der Waals surface area contributed by atoms with Gasteiger partial charge in [-0.3, -0.25) is 19.7 Å². The maximum absolute atomic E-state index is 12.2. The molecular formula is C26H29N7O. The Kier molecular flexibility index (Phi) is 5.17. The monoisotopic (exact) mass is 455 g/mol. The van der Waals surface area contributed by atoms with Gasteiger partial charge >= 0.3 is 0 Å². The number of aromatic amines is 2. The van der Waals surface area contributed by atoms with Crippen LogP contribution in [-0.2, 0) is 13.0 Å². The molecule has 0 radical (unpaired) electrons. The van der Waals surface area contributed by atoms with Crippen LogP contribution in [0.1, 0.15) is 36.7 Å². The molecule has 8 heteroatoms. The molecule has 6 rings (SSSR count). The molecule has 174 valence electrons. The number of hydrogen-bond donors (Lipinski definition) is 2. The van der Waals surface area contributed by atoms with Crippen molar-refractivity contribution < 1.29 is 0 Å². The number of imidazole rings is 1. The SMILES string of the molecule is CCc1cc2ncc(CN3CCN(c4ccc(-c5cnc(C)[nH]5)nc4)[C@@H]4CCC43)cc2[nH]c1=O. The molecule has 0 aromatic carbocycles. The summed E-state index contributed by atoms with van der Waals surface area (Å²) in [5.41, 5.74) is 6.65. The third kappa shape index (κ3) is 3.68. The zero-order chi connectivity index (χ0) is 23.2. The Morgan fingerprint density at radius 1 is 1.00 bits per heavy atom. The third-order valence-corrected chi connectivity index (χ3v) is 7.35. The van der Waals surface area contributed by atoms with Crippen molar-refractivity contribution in [2.75, 3.05) is 18.0 Å². The first kappa shape index (κ1) is 21.0. The van der Waals surface area contributed by atoms with Crippen LogP contribution in [0.4, 0.5) is 5.69 Å². The maximum Gasteiger partial charge on any atom is 0.251 e. The van der Waals surface area contributed by atoms with E-state index in [1.807, 2.05) is 38.5 Å². The van der Waals surface area contributed by atoms with Crippen molar-refractivity contribution in [1.29, 1.82) is 0 Å². The molecule has 2 aliphatic rings. The van der Waals surface area contributed by atoms with Crippen LogP contribution in [0.25, 0.3) is 22.4 Å². The summed E-state index contributed by atoms with van der Waals surface area (Å²) < 4.78 is 0. The van der Waals surface area contributed by atoms with Crippen molar-refractivity contribution in [1.82, 2.24) is 29.8 Å². The van der Waals surface area contributed by atoms with E-state index in [-0.39, 0.29) is 5.56 Å². The third-order valence-electron chi connectivity index (χ3n) is 7.35. The number of pyridine rings is 3. The zero-order valence-corrected chi connectivity index (χ0v) is 19.6. The highest BCUT2D eigenvalue weighted by Crippen LogP contribution is 2.37. The van der Waals surface area contributed by atoms with E-state index in [0.717, 1.165) is 59.0 Å². The average molecular weight is 456 g/mol. The minimum absolute atomic E-state index is 0.0103. The van der Waals surface area contributed by atoms with Gasteiger partial charge in [0, 0.05) is 43.5 Å². The molecule has 2 fully saturated rings. The molecule has 4 aromatic rings. The Morgan fingerprint density at radius 2 is 1.88 bits per heavy atom. The summed E-state index contributed by atoms with van der Waals surface area (Å²) in [5, 5.41) is 0. The topological polar surface area (TPSA) is 93.8 Å². The molecular weight excluding hydrogens is 426 g/mol. The molecule has 1 saturated heterocycles. The van der Waals surface area contributed by atoms with Crippen LogP contribution in [0, 0.1) is 6.92 Å². The molecule has 1 saturated carbocycles. The number of nitrogens with one attached hydrogen (secondary N) is 2. The minimum atomic E-state index is -0.0103.